The molecular formula is C11H11KO7. The van der Waals surface area contributed by atoms with E-state index in [1.54, 1.807) is 6.07 Å². The number of carboxylic acid groups (broad SMARTS) is 1. The minimum Gasteiger partial charge on any atom is -1.00 e. The van der Waals surface area contributed by atoms with Gasteiger partial charge in [0.2, 0.25) is 0 Å². The number of esters is 2. The van der Waals surface area contributed by atoms with Crippen molar-refractivity contribution in [2.24, 2.45) is 0 Å². The molecular weight excluding hydrogens is 283 g/mol. The Balaban J connectivity index is 0. The fraction of sp³-hybridized carbons (Fsp3) is 0.182. The van der Waals surface area contributed by atoms with E-state index < -0.39 is 30.1 Å². The zero-order valence-electron chi connectivity index (χ0n) is 11.0. The van der Waals surface area contributed by atoms with E-state index in [0.29, 0.717) is 0 Å². The largest absolute Gasteiger partial charge is 1.00 e. The Morgan fingerprint density at radius 2 is 1.58 bits per heavy atom. The second-order valence-corrected chi connectivity index (χ2v) is 3.30. The molecule has 2 atom stereocenters. The third kappa shape index (κ3) is 5.49. The first-order valence-electron chi connectivity index (χ1n) is 4.83. The van der Waals surface area contributed by atoms with Crippen molar-refractivity contribution < 1.29 is 87.3 Å². The van der Waals surface area contributed by atoms with Crippen LogP contribution in [0.15, 0.2) is 30.3 Å². The number of aliphatic carboxylic acids is 1. The van der Waals surface area contributed by atoms with E-state index in [2.05, 4.69) is 4.74 Å². The standard InChI is InChI=1S/C11H10O7.K.H/c12-7(9(14)15)8(13)11(17)18-10(16)6-4-2-1-3-5-6;;/h1-5,7-8,12-13H,(H,14,15);;/q;+1;-1. The summed E-state index contributed by atoms with van der Waals surface area (Å²) in [6.07, 6.45) is -4.67. The van der Waals surface area contributed by atoms with E-state index in [0.717, 1.165) is 0 Å². The van der Waals surface area contributed by atoms with Gasteiger partial charge in [-0.2, -0.15) is 0 Å². The van der Waals surface area contributed by atoms with Crippen LogP contribution in [0.3, 0.4) is 0 Å². The van der Waals surface area contributed by atoms with Crippen LogP contribution in [-0.4, -0.2) is 45.4 Å². The smallest absolute Gasteiger partial charge is 1.00 e. The van der Waals surface area contributed by atoms with Gasteiger partial charge < -0.3 is 21.5 Å². The molecule has 0 saturated carbocycles. The Morgan fingerprint density at radius 3 is 2.05 bits per heavy atom. The number of hydrogen-bond donors (Lipinski definition) is 3. The number of carbonyl (C=O) groups is 3. The Kier molecular flexibility index (Phi) is 8.26. The van der Waals surface area contributed by atoms with Crippen molar-refractivity contribution in [1.29, 1.82) is 0 Å². The van der Waals surface area contributed by atoms with Crippen molar-refractivity contribution in [1.82, 2.24) is 0 Å². The molecule has 1 rings (SSSR count). The van der Waals surface area contributed by atoms with Gasteiger partial charge in [0, 0.05) is 0 Å². The van der Waals surface area contributed by atoms with Gasteiger partial charge in [-0.1, -0.05) is 18.2 Å². The number of aliphatic hydroxyl groups is 2. The number of benzene rings is 1. The van der Waals surface area contributed by atoms with Gasteiger partial charge in [-0.05, 0) is 12.1 Å². The number of rotatable bonds is 4. The third-order valence-electron chi connectivity index (χ3n) is 2.00. The first-order chi connectivity index (χ1) is 8.43. The molecule has 0 amide bonds. The molecule has 0 aliphatic carbocycles. The molecule has 8 heteroatoms. The van der Waals surface area contributed by atoms with Gasteiger partial charge in [0.05, 0.1) is 5.56 Å². The zero-order valence-corrected chi connectivity index (χ0v) is 13.1. The van der Waals surface area contributed by atoms with Gasteiger partial charge >= 0.3 is 69.3 Å². The van der Waals surface area contributed by atoms with Crippen LogP contribution >= 0.6 is 0 Å². The van der Waals surface area contributed by atoms with Crippen LogP contribution in [0, 0.1) is 0 Å². The third-order valence-corrected chi connectivity index (χ3v) is 2.00. The Morgan fingerprint density at radius 1 is 1.05 bits per heavy atom. The molecule has 0 heterocycles. The van der Waals surface area contributed by atoms with E-state index in [1.165, 1.54) is 24.3 Å². The molecule has 1 aromatic rings. The fourth-order valence-electron chi connectivity index (χ4n) is 1.05. The monoisotopic (exact) mass is 294 g/mol. The average molecular weight is 294 g/mol. The van der Waals surface area contributed by atoms with E-state index in [9.17, 15) is 14.4 Å². The minimum atomic E-state index is -2.35. The number of carbonyl (C=O) groups excluding carboxylic acids is 2. The normalized spacial score (nSPS) is 12.7. The summed E-state index contributed by atoms with van der Waals surface area (Å²) in [6, 6.07) is 7.44. The molecule has 2 unspecified atom stereocenters. The van der Waals surface area contributed by atoms with Crippen LogP contribution in [0.1, 0.15) is 11.8 Å². The Labute approximate surface area is 152 Å². The SMILES string of the molecule is O=C(OC(=O)C(O)C(O)C(=O)O)c1ccccc1.[H-].[K+]. The summed E-state index contributed by atoms with van der Waals surface area (Å²) in [4.78, 5) is 32.8. The van der Waals surface area contributed by atoms with Crippen LogP contribution in [-0.2, 0) is 14.3 Å². The van der Waals surface area contributed by atoms with Crippen molar-refractivity contribution in [2.45, 2.75) is 12.2 Å². The molecule has 7 nitrogen and oxygen atoms in total. The Bertz CT molecular complexity index is 465. The van der Waals surface area contributed by atoms with Crippen molar-refractivity contribution in [3.63, 3.8) is 0 Å². The van der Waals surface area contributed by atoms with Crippen molar-refractivity contribution in [3.8, 4) is 0 Å². The number of carboxylic acids is 1. The summed E-state index contributed by atoms with van der Waals surface area (Å²) >= 11 is 0. The van der Waals surface area contributed by atoms with Crippen LogP contribution in [0.5, 0.6) is 0 Å². The summed E-state index contributed by atoms with van der Waals surface area (Å²) < 4.78 is 4.22. The average Bonchev–Trinajstić information content (AvgIpc) is 2.37. The molecule has 0 fully saturated rings. The number of hydrogen-bond acceptors (Lipinski definition) is 6. The molecule has 0 saturated heterocycles. The van der Waals surface area contributed by atoms with Gasteiger partial charge in [0.25, 0.3) is 0 Å². The van der Waals surface area contributed by atoms with Gasteiger partial charge in [0.1, 0.15) is 0 Å². The summed E-state index contributed by atoms with van der Waals surface area (Å²) in [5, 5.41) is 26.3. The molecule has 98 valence electrons. The molecule has 0 bridgehead atoms. The molecule has 0 aliphatic rings. The second-order valence-electron chi connectivity index (χ2n) is 3.30. The molecule has 0 spiro atoms. The van der Waals surface area contributed by atoms with Crippen LogP contribution < -0.4 is 51.4 Å². The summed E-state index contributed by atoms with van der Waals surface area (Å²) in [6.45, 7) is 0. The maximum absolute atomic E-state index is 11.4. The zero-order chi connectivity index (χ0) is 13.7. The van der Waals surface area contributed by atoms with Crippen molar-refractivity contribution in [2.75, 3.05) is 0 Å². The molecule has 0 aliphatic heterocycles. The van der Waals surface area contributed by atoms with Gasteiger partial charge in [0.15, 0.2) is 12.2 Å². The minimum absolute atomic E-state index is 0. The molecule has 0 radical (unpaired) electrons. The first-order valence-corrected chi connectivity index (χ1v) is 4.83. The van der Waals surface area contributed by atoms with E-state index in [1.807, 2.05) is 0 Å². The van der Waals surface area contributed by atoms with Crippen molar-refractivity contribution in [3.05, 3.63) is 35.9 Å². The van der Waals surface area contributed by atoms with Crippen LogP contribution in [0.4, 0.5) is 0 Å². The van der Waals surface area contributed by atoms with E-state index in [-0.39, 0.29) is 58.4 Å². The first kappa shape index (κ1) is 18.4. The molecule has 19 heavy (non-hydrogen) atoms. The summed E-state index contributed by atoms with van der Waals surface area (Å²) in [7, 11) is 0. The fourth-order valence-corrected chi connectivity index (χ4v) is 1.05. The van der Waals surface area contributed by atoms with E-state index in [4.69, 9.17) is 15.3 Å². The molecule has 0 aromatic heterocycles. The van der Waals surface area contributed by atoms with E-state index >= 15 is 0 Å². The maximum atomic E-state index is 11.4. The van der Waals surface area contributed by atoms with Gasteiger partial charge in [-0.3, -0.25) is 0 Å². The predicted octanol–water partition coefficient (Wildman–Crippen LogP) is -3.71. The van der Waals surface area contributed by atoms with Gasteiger partial charge in [-0.15, -0.1) is 0 Å². The number of aliphatic hydroxyl groups excluding tert-OH is 2. The quantitative estimate of drug-likeness (QED) is 0.297. The van der Waals surface area contributed by atoms with Gasteiger partial charge in [-0.25, -0.2) is 14.4 Å². The summed E-state index contributed by atoms with van der Waals surface area (Å²) in [5.74, 6) is -4.37. The van der Waals surface area contributed by atoms with Crippen molar-refractivity contribution >= 4 is 17.9 Å². The molecule has 3 N–H and O–H groups in total. The predicted molar refractivity (Wildman–Crippen MR) is 57.6 cm³/mol. The number of ether oxygens (including phenoxy) is 1. The Hall–Kier alpha value is -0.614. The topological polar surface area (TPSA) is 121 Å². The summed E-state index contributed by atoms with van der Waals surface area (Å²) in [5.41, 5.74) is 0.0582. The van der Waals surface area contributed by atoms with Crippen LogP contribution in [0.2, 0.25) is 0 Å². The second kappa shape index (κ2) is 8.54. The van der Waals surface area contributed by atoms with Crippen LogP contribution in [0.25, 0.3) is 0 Å². The maximum Gasteiger partial charge on any atom is 1.00 e. The molecule has 1 aromatic carbocycles.